The van der Waals surface area contributed by atoms with Crippen molar-refractivity contribution in [2.75, 3.05) is 14.2 Å². The molecule has 0 N–H and O–H groups in total. The van der Waals surface area contributed by atoms with E-state index in [4.69, 9.17) is 21.1 Å². The molecule has 0 radical (unpaired) electrons. The number of ether oxygens (including phenoxy) is 2. The van der Waals surface area contributed by atoms with Gasteiger partial charge in [-0.1, -0.05) is 35.9 Å². The summed E-state index contributed by atoms with van der Waals surface area (Å²) in [5.41, 5.74) is 2.16. The fraction of sp³-hybridized carbons (Fsp3) is 0.273. The Bertz CT molecular complexity index is 987. The van der Waals surface area contributed by atoms with Crippen LogP contribution in [-0.2, 0) is 19.7 Å². The molecule has 0 fully saturated rings. The normalized spacial score (nSPS) is 10.6. The zero-order valence-electron chi connectivity index (χ0n) is 16.8. The number of methoxy groups -OCH3 is 1. The number of carbonyl (C=O) groups is 1. The van der Waals surface area contributed by atoms with E-state index in [1.807, 2.05) is 49.4 Å². The van der Waals surface area contributed by atoms with Gasteiger partial charge < -0.3 is 14.4 Å². The summed E-state index contributed by atoms with van der Waals surface area (Å²) in [5, 5.41) is 4.96. The zero-order chi connectivity index (χ0) is 20.8. The summed E-state index contributed by atoms with van der Waals surface area (Å²) in [5.74, 6) is 1.22. The third kappa shape index (κ3) is 5.09. The van der Waals surface area contributed by atoms with Gasteiger partial charge >= 0.3 is 0 Å². The summed E-state index contributed by atoms with van der Waals surface area (Å²) < 4.78 is 12.9. The van der Waals surface area contributed by atoms with Crippen molar-refractivity contribution >= 4 is 17.5 Å². The van der Waals surface area contributed by atoms with Crippen LogP contribution in [0.2, 0.25) is 5.02 Å². The summed E-state index contributed by atoms with van der Waals surface area (Å²) in [6, 6.07) is 14.9. The van der Waals surface area contributed by atoms with Crippen LogP contribution in [0.25, 0.3) is 0 Å². The molecule has 0 saturated carbocycles. The Morgan fingerprint density at radius 2 is 1.93 bits per heavy atom. The van der Waals surface area contributed by atoms with Crippen LogP contribution in [0, 0.1) is 0 Å². The highest BCUT2D eigenvalue weighted by atomic mass is 35.5. The van der Waals surface area contributed by atoms with Crippen molar-refractivity contribution < 1.29 is 14.3 Å². The molecule has 6 nitrogen and oxygen atoms in total. The largest absolute Gasteiger partial charge is 0.493 e. The molecule has 1 heterocycles. The maximum Gasteiger partial charge on any atom is 0.253 e. The lowest BCUT2D eigenvalue weighted by Gasteiger charge is -2.17. The minimum atomic E-state index is -0.105. The van der Waals surface area contributed by atoms with Crippen molar-refractivity contribution in [3.63, 3.8) is 0 Å². The van der Waals surface area contributed by atoms with E-state index in [-0.39, 0.29) is 5.91 Å². The lowest BCUT2D eigenvalue weighted by atomic mass is 10.1. The number of carbonyl (C=O) groups excluding carboxylic acids is 1. The number of rotatable bonds is 8. The molecule has 0 unspecified atom stereocenters. The Morgan fingerprint density at radius 1 is 1.17 bits per heavy atom. The quantitative estimate of drug-likeness (QED) is 0.548. The van der Waals surface area contributed by atoms with Gasteiger partial charge in [-0.2, -0.15) is 5.10 Å². The molecule has 1 aromatic heterocycles. The molecule has 0 aliphatic heterocycles. The number of para-hydroxylation sites is 2. The van der Waals surface area contributed by atoms with Gasteiger partial charge in [0, 0.05) is 25.4 Å². The van der Waals surface area contributed by atoms with E-state index in [1.54, 1.807) is 36.0 Å². The predicted molar refractivity (Wildman–Crippen MR) is 112 cm³/mol. The minimum absolute atomic E-state index is 0.105. The Balaban J connectivity index is 1.67. The molecular weight excluding hydrogens is 390 g/mol. The lowest BCUT2D eigenvalue weighted by Crippen LogP contribution is -2.26. The average Bonchev–Trinajstić information content (AvgIpc) is 3.11. The molecule has 2 aromatic carbocycles. The SMILES string of the molecule is CCn1cc(Cl)c(CN(C)C(=O)c2cccc(COc3ccccc3OC)c2)n1. The second kappa shape index (κ2) is 9.47. The number of hydrogen-bond acceptors (Lipinski definition) is 4. The summed E-state index contributed by atoms with van der Waals surface area (Å²) >= 11 is 6.22. The fourth-order valence-corrected chi connectivity index (χ4v) is 3.13. The Hall–Kier alpha value is -2.99. The number of amides is 1. The third-order valence-corrected chi connectivity index (χ3v) is 4.80. The second-order valence-electron chi connectivity index (χ2n) is 6.58. The van der Waals surface area contributed by atoms with E-state index >= 15 is 0 Å². The molecule has 0 spiro atoms. The van der Waals surface area contributed by atoms with Gasteiger partial charge in [-0.25, -0.2) is 0 Å². The topological polar surface area (TPSA) is 56.6 Å². The van der Waals surface area contributed by atoms with E-state index in [9.17, 15) is 4.79 Å². The number of benzene rings is 2. The van der Waals surface area contributed by atoms with E-state index in [0.717, 1.165) is 12.1 Å². The van der Waals surface area contributed by atoms with Gasteiger partial charge in [-0.3, -0.25) is 9.48 Å². The smallest absolute Gasteiger partial charge is 0.253 e. The molecule has 29 heavy (non-hydrogen) atoms. The van der Waals surface area contributed by atoms with Crippen molar-refractivity contribution in [2.24, 2.45) is 0 Å². The standard InChI is InChI=1S/C22H24ClN3O3/c1-4-26-13-18(23)19(24-26)14-25(2)22(27)17-9-7-8-16(12-17)15-29-21-11-6-5-10-20(21)28-3/h5-13H,4,14-15H2,1-3H3. The van der Waals surface area contributed by atoms with E-state index in [1.165, 1.54) is 0 Å². The summed E-state index contributed by atoms with van der Waals surface area (Å²) in [4.78, 5) is 14.5. The lowest BCUT2D eigenvalue weighted by molar-refractivity contribution is 0.0783. The summed E-state index contributed by atoms with van der Waals surface area (Å²) in [7, 11) is 3.34. The second-order valence-corrected chi connectivity index (χ2v) is 6.99. The van der Waals surface area contributed by atoms with Gasteiger partial charge in [0.15, 0.2) is 11.5 Å². The van der Waals surface area contributed by atoms with Crippen molar-refractivity contribution in [3.8, 4) is 11.5 Å². The monoisotopic (exact) mass is 413 g/mol. The van der Waals surface area contributed by atoms with Crippen molar-refractivity contribution in [1.82, 2.24) is 14.7 Å². The molecule has 152 valence electrons. The highest BCUT2D eigenvalue weighted by molar-refractivity contribution is 6.31. The summed E-state index contributed by atoms with van der Waals surface area (Å²) in [6.45, 7) is 3.39. The molecule has 3 aromatic rings. The Morgan fingerprint density at radius 3 is 2.62 bits per heavy atom. The highest BCUT2D eigenvalue weighted by Gasteiger charge is 2.16. The van der Waals surface area contributed by atoms with Gasteiger partial charge in [0.1, 0.15) is 12.3 Å². The average molecular weight is 414 g/mol. The number of hydrogen-bond donors (Lipinski definition) is 0. The molecule has 1 amide bonds. The third-order valence-electron chi connectivity index (χ3n) is 4.48. The molecular formula is C22H24ClN3O3. The molecule has 0 aliphatic carbocycles. The van der Waals surface area contributed by atoms with Crippen LogP contribution < -0.4 is 9.47 Å². The fourth-order valence-electron chi connectivity index (χ4n) is 2.92. The molecule has 7 heteroatoms. The van der Waals surface area contributed by atoms with E-state index in [2.05, 4.69) is 5.10 Å². The first-order valence-electron chi connectivity index (χ1n) is 9.33. The zero-order valence-corrected chi connectivity index (χ0v) is 17.5. The molecule has 0 atom stereocenters. The molecule has 0 bridgehead atoms. The van der Waals surface area contributed by atoms with E-state index in [0.29, 0.717) is 40.9 Å². The van der Waals surface area contributed by atoms with Crippen LogP contribution in [0.15, 0.2) is 54.7 Å². The first-order valence-corrected chi connectivity index (χ1v) is 9.71. The Kier molecular flexibility index (Phi) is 6.77. The highest BCUT2D eigenvalue weighted by Crippen LogP contribution is 2.26. The van der Waals surface area contributed by atoms with Gasteiger partial charge in [-0.05, 0) is 36.8 Å². The van der Waals surface area contributed by atoms with Crippen molar-refractivity contribution in [2.45, 2.75) is 26.6 Å². The maximum atomic E-state index is 12.9. The van der Waals surface area contributed by atoms with Gasteiger partial charge in [-0.15, -0.1) is 0 Å². The van der Waals surface area contributed by atoms with Crippen molar-refractivity contribution in [3.05, 3.63) is 76.6 Å². The number of halogens is 1. The van der Waals surface area contributed by atoms with Crippen LogP contribution in [0.5, 0.6) is 11.5 Å². The Labute approximate surface area is 175 Å². The number of aromatic nitrogens is 2. The maximum absolute atomic E-state index is 12.9. The van der Waals surface area contributed by atoms with Gasteiger partial charge in [0.2, 0.25) is 0 Å². The van der Waals surface area contributed by atoms with Crippen LogP contribution in [0.4, 0.5) is 0 Å². The van der Waals surface area contributed by atoms with Crippen LogP contribution >= 0.6 is 11.6 Å². The van der Waals surface area contributed by atoms with E-state index < -0.39 is 0 Å². The number of aryl methyl sites for hydroxylation is 1. The molecule has 0 saturated heterocycles. The number of nitrogens with zero attached hydrogens (tertiary/aromatic N) is 3. The summed E-state index contributed by atoms with van der Waals surface area (Å²) in [6.07, 6.45) is 1.77. The molecule has 3 rings (SSSR count). The first-order chi connectivity index (χ1) is 14.0. The predicted octanol–water partition coefficient (Wildman–Crippen LogP) is 4.42. The first kappa shape index (κ1) is 20.7. The molecule has 0 aliphatic rings. The van der Waals surface area contributed by atoms with Gasteiger partial charge in [0.25, 0.3) is 5.91 Å². The van der Waals surface area contributed by atoms with Crippen molar-refractivity contribution in [1.29, 1.82) is 0 Å². The van der Waals surface area contributed by atoms with Crippen LogP contribution in [0.3, 0.4) is 0 Å². The van der Waals surface area contributed by atoms with Crippen LogP contribution in [0.1, 0.15) is 28.5 Å². The van der Waals surface area contributed by atoms with Gasteiger partial charge in [0.05, 0.1) is 18.7 Å². The van der Waals surface area contributed by atoms with Crippen LogP contribution in [-0.4, -0.2) is 34.7 Å². The minimum Gasteiger partial charge on any atom is -0.493 e.